The van der Waals surface area contributed by atoms with E-state index >= 15 is 0 Å². The van der Waals surface area contributed by atoms with Crippen LogP contribution >= 0.6 is 11.6 Å². The normalized spacial score (nSPS) is 11.8. The number of carboxylic acids is 1. The van der Waals surface area contributed by atoms with Crippen molar-refractivity contribution in [3.63, 3.8) is 0 Å². The Balaban J connectivity index is 2.74. The number of carbonyl (C=O) groups is 1. The van der Waals surface area contributed by atoms with Crippen LogP contribution in [0.5, 0.6) is 0 Å². The van der Waals surface area contributed by atoms with E-state index in [4.69, 9.17) is 16.7 Å². The molecule has 2 aromatic rings. The summed E-state index contributed by atoms with van der Waals surface area (Å²) in [6, 6.07) is 3.96. The fourth-order valence-corrected chi connectivity index (χ4v) is 2.48. The van der Waals surface area contributed by atoms with Gasteiger partial charge in [-0.25, -0.2) is 9.78 Å². The molecule has 2 rings (SSSR count). The van der Waals surface area contributed by atoms with Crippen molar-refractivity contribution >= 4 is 34.7 Å². The number of hydrogen-bond acceptors (Lipinski definition) is 2. The van der Waals surface area contributed by atoms with Crippen LogP contribution < -0.4 is 0 Å². The fourth-order valence-electron chi connectivity index (χ4n) is 2.12. The Morgan fingerprint density at radius 1 is 1.47 bits per heavy atom. The van der Waals surface area contributed by atoms with Gasteiger partial charge >= 0.3 is 5.97 Å². The van der Waals surface area contributed by atoms with E-state index in [1.165, 1.54) is 6.08 Å². The summed E-state index contributed by atoms with van der Waals surface area (Å²) in [5.41, 5.74) is 2.65. The van der Waals surface area contributed by atoms with Crippen LogP contribution in [0.15, 0.2) is 18.2 Å². The van der Waals surface area contributed by atoms with Crippen LogP contribution in [-0.4, -0.2) is 20.6 Å². The summed E-state index contributed by atoms with van der Waals surface area (Å²) in [6.07, 6.45) is 2.58. The summed E-state index contributed by atoms with van der Waals surface area (Å²) < 4.78 is 1.94. The Bertz CT molecular complexity index is 672. The van der Waals surface area contributed by atoms with E-state index in [2.05, 4.69) is 4.98 Å². The van der Waals surface area contributed by atoms with Crippen LogP contribution in [0.2, 0.25) is 5.02 Å². The van der Waals surface area contributed by atoms with Crippen LogP contribution in [0, 0.1) is 6.92 Å². The Hall–Kier alpha value is -1.81. The molecule has 0 bridgehead atoms. The van der Waals surface area contributed by atoms with Crippen LogP contribution in [0.4, 0.5) is 0 Å². The molecule has 0 radical (unpaired) electrons. The number of rotatable bonds is 3. The lowest BCUT2D eigenvalue weighted by atomic mass is 10.2. The monoisotopic (exact) mass is 278 g/mol. The highest BCUT2D eigenvalue weighted by Crippen LogP contribution is 2.29. The molecule has 100 valence electrons. The predicted octanol–water partition coefficient (Wildman–Crippen LogP) is 3.68. The number of hydrogen-bond donors (Lipinski definition) is 1. The SMILES string of the molecule is Cc1cc(Cl)c2c(c1)nc(/C=C/C(=O)O)n2C(C)C. The van der Waals surface area contributed by atoms with Gasteiger partial charge in [0.2, 0.25) is 0 Å². The van der Waals surface area contributed by atoms with E-state index in [1.807, 2.05) is 37.5 Å². The van der Waals surface area contributed by atoms with E-state index in [0.29, 0.717) is 10.8 Å². The highest BCUT2D eigenvalue weighted by molar-refractivity contribution is 6.35. The first kappa shape index (κ1) is 13.6. The number of aryl methyl sites for hydroxylation is 1. The van der Waals surface area contributed by atoms with Crippen LogP contribution in [0.1, 0.15) is 31.3 Å². The van der Waals surface area contributed by atoms with Gasteiger partial charge in [-0.3, -0.25) is 0 Å². The smallest absolute Gasteiger partial charge is 0.328 e. The molecule has 0 spiro atoms. The second-order valence-electron chi connectivity index (χ2n) is 4.72. The van der Waals surface area contributed by atoms with E-state index < -0.39 is 5.97 Å². The van der Waals surface area contributed by atoms with Crippen molar-refractivity contribution in [3.8, 4) is 0 Å². The van der Waals surface area contributed by atoms with E-state index in [1.54, 1.807) is 0 Å². The first-order chi connectivity index (χ1) is 8.90. The standard InChI is InChI=1S/C14H15ClN2O2/c1-8(2)17-12(4-5-13(18)19)16-11-7-9(3)6-10(15)14(11)17/h4-8H,1-3H3,(H,18,19)/b5-4+. The van der Waals surface area contributed by atoms with Gasteiger partial charge in [0, 0.05) is 12.1 Å². The minimum atomic E-state index is -0.996. The van der Waals surface area contributed by atoms with Gasteiger partial charge in [0.25, 0.3) is 0 Å². The highest BCUT2D eigenvalue weighted by Gasteiger charge is 2.14. The first-order valence-corrected chi connectivity index (χ1v) is 6.37. The zero-order valence-electron chi connectivity index (χ0n) is 11.0. The van der Waals surface area contributed by atoms with Crippen LogP contribution in [0.3, 0.4) is 0 Å². The third kappa shape index (κ3) is 2.63. The molecular weight excluding hydrogens is 264 g/mol. The van der Waals surface area contributed by atoms with E-state index in [-0.39, 0.29) is 6.04 Å². The molecule has 1 N–H and O–H groups in total. The van der Waals surface area contributed by atoms with Crippen molar-refractivity contribution < 1.29 is 9.90 Å². The topological polar surface area (TPSA) is 55.1 Å². The molecule has 0 atom stereocenters. The van der Waals surface area contributed by atoms with Crippen LogP contribution in [-0.2, 0) is 4.79 Å². The third-order valence-corrected chi connectivity index (χ3v) is 3.09. The Morgan fingerprint density at radius 2 is 2.16 bits per heavy atom. The maximum Gasteiger partial charge on any atom is 0.328 e. The summed E-state index contributed by atoms with van der Waals surface area (Å²) in [6.45, 7) is 5.97. The van der Waals surface area contributed by atoms with Gasteiger partial charge < -0.3 is 9.67 Å². The molecule has 0 aliphatic rings. The van der Waals surface area contributed by atoms with E-state index in [9.17, 15) is 4.79 Å². The third-order valence-electron chi connectivity index (χ3n) is 2.80. The molecule has 1 heterocycles. The Kier molecular flexibility index (Phi) is 3.62. The second-order valence-corrected chi connectivity index (χ2v) is 5.13. The maximum atomic E-state index is 10.6. The fraction of sp³-hybridized carbons (Fsp3) is 0.286. The summed E-state index contributed by atoms with van der Waals surface area (Å²) in [4.78, 5) is 15.1. The molecule has 1 aromatic heterocycles. The predicted molar refractivity (Wildman–Crippen MR) is 76.5 cm³/mol. The molecule has 0 fully saturated rings. The van der Waals surface area contributed by atoms with Crippen LogP contribution in [0.25, 0.3) is 17.1 Å². The van der Waals surface area contributed by atoms with Gasteiger partial charge in [-0.15, -0.1) is 0 Å². The minimum absolute atomic E-state index is 0.138. The van der Waals surface area contributed by atoms with Gasteiger partial charge in [-0.2, -0.15) is 0 Å². The Labute approximate surface area is 116 Å². The second kappa shape index (κ2) is 5.05. The largest absolute Gasteiger partial charge is 0.478 e. The van der Waals surface area contributed by atoms with Crippen molar-refractivity contribution in [1.82, 2.24) is 9.55 Å². The quantitative estimate of drug-likeness (QED) is 0.872. The zero-order chi connectivity index (χ0) is 14.2. The van der Waals surface area contributed by atoms with Gasteiger partial charge in [-0.1, -0.05) is 11.6 Å². The molecule has 0 amide bonds. The van der Waals surface area contributed by atoms with Crippen molar-refractivity contribution in [3.05, 3.63) is 34.6 Å². The number of fused-ring (bicyclic) bond motifs is 1. The zero-order valence-corrected chi connectivity index (χ0v) is 11.8. The number of imidazole rings is 1. The average Bonchev–Trinajstić information content (AvgIpc) is 2.64. The summed E-state index contributed by atoms with van der Waals surface area (Å²) in [5, 5.41) is 9.36. The number of benzene rings is 1. The van der Waals surface area contributed by atoms with Gasteiger partial charge in [-0.05, 0) is 44.5 Å². The molecule has 0 aliphatic carbocycles. The van der Waals surface area contributed by atoms with Crippen molar-refractivity contribution in [2.45, 2.75) is 26.8 Å². The van der Waals surface area contributed by atoms with Gasteiger partial charge in [0.05, 0.1) is 16.1 Å². The van der Waals surface area contributed by atoms with Crippen molar-refractivity contribution in [2.75, 3.05) is 0 Å². The molecule has 5 heteroatoms. The molecule has 0 aliphatic heterocycles. The van der Waals surface area contributed by atoms with E-state index in [0.717, 1.165) is 22.7 Å². The number of carboxylic acid groups (broad SMARTS) is 1. The average molecular weight is 279 g/mol. The molecule has 4 nitrogen and oxygen atoms in total. The lowest BCUT2D eigenvalue weighted by molar-refractivity contribution is -0.131. The lowest BCUT2D eigenvalue weighted by Crippen LogP contribution is -2.03. The summed E-state index contributed by atoms with van der Waals surface area (Å²) in [5.74, 6) is -0.399. The minimum Gasteiger partial charge on any atom is -0.478 e. The Morgan fingerprint density at radius 3 is 2.74 bits per heavy atom. The molecular formula is C14H15ClN2O2. The molecule has 0 unspecified atom stereocenters. The number of aromatic nitrogens is 2. The summed E-state index contributed by atoms with van der Waals surface area (Å²) >= 11 is 6.29. The highest BCUT2D eigenvalue weighted by atomic mass is 35.5. The summed E-state index contributed by atoms with van der Waals surface area (Å²) in [7, 11) is 0. The lowest BCUT2D eigenvalue weighted by Gasteiger charge is -2.12. The molecule has 0 saturated carbocycles. The van der Waals surface area contributed by atoms with Gasteiger partial charge in [0.15, 0.2) is 0 Å². The number of aliphatic carboxylic acids is 1. The molecule has 0 saturated heterocycles. The van der Waals surface area contributed by atoms with Gasteiger partial charge in [0.1, 0.15) is 5.82 Å². The molecule has 1 aromatic carbocycles. The first-order valence-electron chi connectivity index (χ1n) is 5.99. The molecule has 19 heavy (non-hydrogen) atoms. The van der Waals surface area contributed by atoms with Crippen molar-refractivity contribution in [1.29, 1.82) is 0 Å². The number of nitrogens with zero attached hydrogens (tertiary/aromatic N) is 2. The number of halogens is 1. The maximum absolute atomic E-state index is 10.6. The van der Waals surface area contributed by atoms with Crippen molar-refractivity contribution in [2.24, 2.45) is 0 Å².